The van der Waals surface area contributed by atoms with E-state index in [0.29, 0.717) is 43.4 Å². The van der Waals surface area contributed by atoms with Crippen molar-refractivity contribution in [3.63, 3.8) is 0 Å². The second-order valence-corrected chi connectivity index (χ2v) is 7.54. The van der Waals surface area contributed by atoms with E-state index in [1.165, 1.54) is 43.2 Å². The number of carbonyl (C=O) groups is 3. The molecule has 0 bridgehead atoms. The number of benzene rings is 2. The summed E-state index contributed by atoms with van der Waals surface area (Å²) in [5, 5.41) is 0. The second-order valence-electron chi connectivity index (χ2n) is 7.54. The van der Waals surface area contributed by atoms with Gasteiger partial charge < -0.3 is 19.1 Å². The monoisotopic (exact) mass is 454 g/mol. The standard InChI is InChI=1S/C24H23FN2O6/c1-15(28)27-18-5-3-4-17(25)23(18)24(30)19(27)12-16-6-7-20(21(13-16)31-2)33-14-22(29)26-8-10-32-11-9-26/h3-7,12-13H,8-11,14H2,1-2H3/b19-12-. The van der Waals surface area contributed by atoms with Gasteiger partial charge in [-0.15, -0.1) is 0 Å². The zero-order valence-corrected chi connectivity index (χ0v) is 18.3. The maximum Gasteiger partial charge on any atom is 0.260 e. The second kappa shape index (κ2) is 9.41. The smallest absolute Gasteiger partial charge is 0.260 e. The van der Waals surface area contributed by atoms with Crippen molar-refractivity contribution >= 4 is 29.4 Å². The third-order valence-electron chi connectivity index (χ3n) is 5.45. The SMILES string of the molecule is COc1cc(/C=C2/C(=O)c3c(F)cccc3N2C(C)=O)ccc1OCC(=O)N1CCOCC1. The molecule has 0 atom stereocenters. The lowest BCUT2D eigenvalue weighted by Gasteiger charge is -2.26. The lowest BCUT2D eigenvalue weighted by Crippen LogP contribution is -2.43. The molecule has 2 aliphatic heterocycles. The molecule has 2 aliphatic rings. The number of Topliss-reactive ketones (excluding diaryl/α,β-unsaturated/α-hetero) is 1. The third kappa shape index (κ3) is 4.45. The summed E-state index contributed by atoms with van der Waals surface area (Å²) in [5.41, 5.74) is 0.669. The van der Waals surface area contributed by atoms with Crippen molar-refractivity contribution in [1.82, 2.24) is 4.90 Å². The zero-order chi connectivity index (χ0) is 23.5. The number of carbonyl (C=O) groups excluding carboxylic acids is 3. The van der Waals surface area contributed by atoms with E-state index in [1.807, 2.05) is 0 Å². The number of rotatable bonds is 5. The molecule has 2 heterocycles. The number of halogens is 1. The fourth-order valence-corrected chi connectivity index (χ4v) is 3.85. The summed E-state index contributed by atoms with van der Waals surface area (Å²) in [6.07, 6.45) is 1.49. The summed E-state index contributed by atoms with van der Waals surface area (Å²) in [7, 11) is 1.46. The highest BCUT2D eigenvalue weighted by molar-refractivity contribution is 6.26. The van der Waals surface area contributed by atoms with Crippen molar-refractivity contribution in [2.45, 2.75) is 6.92 Å². The van der Waals surface area contributed by atoms with E-state index in [9.17, 15) is 18.8 Å². The highest BCUT2D eigenvalue weighted by Gasteiger charge is 2.37. The molecule has 0 aliphatic carbocycles. The molecule has 33 heavy (non-hydrogen) atoms. The molecule has 0 saturated carbocycles. The van der Waals surface area contributed by atoms with E-state index >= 15 is 0 Å². The molecule has 0 N–H and O–H groups in total. The van der Waals surface area contributed by atoms with Crippen LogP contribution in [0.25, 0.3) is 6.08 Å². The first-order chi connectivity index (χ1) is 15.9. The fourth-order valence-electron chi connectivity index (χ4n) is 3.85. The number of nitrogens with zero attached hydrogens (tertiary/aromatic N) is 2. The summed E-state index contributed by atoms with van der Waals surface area (Å²) in [6, 6.07) is 9.06. The topological polar surface area (TPSA) is 85.4 Å². The van der Waals surface area contributed by atoms with Gasteiger partial charge in [0.1, 0.15) is 5.82 Å². The predicted molar refractivity (Wildman–Crippen MR) is 118 cm³/mol. The van der Waals surface area contributed by atoms with Crippen LogP contribution in [-0.4, -0.2) is 62.5 Å². The molecule has 0 aromatic heterocycles. The molecule has 172 valence electrons. The van der Waals surface area contributed by atoms with E-state index in [4.69, 9.17) is 14.2 Å². The number of fused-ring (bicyclic) bond motifs is 1. The molecular weight excluding hydrogens is 431 g/mol. The molecule has 2 aromatic rings. The molecule has 0 spiro atoms. The quantitative estimate of drug-likeness (QED) is 0.646. The number of amides is 2. The predicted octanol–water partition coefficient (Wildman–Crippen LogP) is 2.66. The number of hydrogen-bond acceptors (Lipinski definition) is 6. The van der Waals surface area contributed by atoms with E-state index < -0.39 is 17.5 Å². The Morgan fingerprint density at radius 1 is 1.15 bits per heavy atom. The minimum Gasteiger partial charge on any atom is -0.493 e. The van der Waals surface area contributed by atoms with Crippen LogP contribution < -0.4 is 14.4 Å². The fraction of sp³-hybridized carbons (Fsp3) is 0.292. The Balaban J connectivity index is 1.57. The Kier molecular flexibility index (Phi) is 6.41. The molecule has 2 amide bonds. The number of ketones is 1. The molecule has 1 saturated heterocycles. The van der Waals surface area contributed by atoms with Gasteiger partial charge in [-0.2, -0.15) is 0 Å². The van der Waals surface area contributed by atoms with Crippen LogP contribution in [-0.2, 0) is 14.3 Å². The lowest BCUT2D eigenvalue weighted by molar-refractivity contribution is -0.137. The van der Waals surface area contributed by atoms with Crippen molar-refractivity contribution in [3.05, 3.63) is 59.0 Å². The number of ether oxygens (including phenoxy) is 3. The lowest BCUT2D eigenvalue weighted by atomic mass is 10.1. The Labute approximate surface area is 190 Å². The van der Waals surface area contributed by atoms with Crippen LogP contribution in [0.15, 0.2) is 42.1 Å². The number of methoxy groups -OCH3 is 1. The Bertz CT molecular complexity index is 1140. The Morgan fingerprint density at radius 2 is 1.91 bits per heavy atom. The van der Waals surface area contributed by atoms with Crippen molar-refractivity contribution in [2.24, 2.45) is 0 Å². The van der Waals surface area contributed by atoms with Crippen molar-refractivity contribution in [2.75, 3.05) is 44.9 Å². The third-order valence-corrected chi connectivity index (χ3v) is 5.45. The van der Waals surface area contributed by atoms with Crippen molar-refractivity contribution in [3.8, 4) is 11.5 Å². The van der Waals surface area contributed by atoms with Gasteiger partial charge in [-0.3, -0.25) is 19.3 Å². The summed E-state index contributed by atoms with van der Waals surface area (Å²) in [6.45, 7) is 3.21. The van der Waals surface area contributed by atoms with E-state index in [-0.39, 0.29) is 29.5 Å². The maximum absolute atomic E-state index is 14.3. The van der Waals surface area contributed by atoms with Gasteiger partial charge in [0.25, 0.3) is 5.91 Å². The van der Waals surface area contributed by atoms with Crippen LogP contribution in [0.2, 0.25) is 0 Å². The van der Waals surface area contributed by atoms with Gasteiger partial charge in [0.15, 0.2) is 18.1 Å². The van der Waals surface area contributed by atoms with Gasteiger partial charge in [-0.05, 0) is 35.9 Å². The van der Waals surface area contributed by atoms with E-state index in [0.717, 1.165) is 0 Å². The molecule has 8 nitrogen and oxygen atoms in total. The van der Waals surface area contributed by atoms with Gasteiger partial charge >= 0.3 is 0 Å². The first-order valence-electron chi connectivity index (χ1n) is 10.4. The first-order valence-corrected chi connectivity index (χ1v) is 10.4. The average Bonchev–Trinajstić information content (AvgIpc) is 3.11. The van der Waals surface area contributed by atoms with Gasteiger partial charge in [0.2, 0.25) is 11.7 Å². The van der Waals surface area contributed by atoms with Gasteiger partial charge in [0, 0.05) is 20.0 Å². The van der Waals surface area contributed by atoms with Crippen LogP contribution in [0.5, 0.6) is 11.5 Å². The molecule has 1 fully saturated rings. The largest absolute Gasteiger partial charge is 0.493 e. The summed E-state index contributed by atoms with van der Waals surface area (Å²) in [5.74, 6) is -1.11. The molecule has 0 radical (unpaired) electrons. The highest BCUT2D eigenvalue weighted by atomic mass is 19.1. The number of allylic oxidation sites excluding steroid dienone is 1. The van der Waals surface area contributed by atoms with Crippen molar-refractivity contribution in [1.29, 1.82) is 0 Å². The minimum atomic E-state index is -0.682. The van der Waals surface area contributed by atoms with Crippen LogP contribution >= 0.6 is 0 Å². The van der Waals surface area contributed by atoms with Gasteiger partial charge in [-0.1, -0.05) is 12.1 Å². The summed E-state index contributed by atoms with van der Waals surface area (Å²) < 4.78 is 30.6. The molecular formula is C24H23FN2O6. The van der Waals surface area contributed by atoms with Crippen LogP contribution in [0.4, 0.5) is 10.1 Å². The average molecular weight is 454 g/mol. The Morgan fingerprint density at radius 3 is 2.61 bits per heavy atom. The van der Waals surface area contributed by atoms with Crippen LogP contribution in [0, 0.1) is 5.82 Å². The molecule has 9 heteroatoms. The first kappa shape index (κ1) is 22.5. The minimum absolute atomic E-state index is 0.0424. The highest BCUT2D eigenvalue weighted by Crippen LogP contribution is 2.38. The normalized spacial score (nSPS) is 16.7. The van der Waals surface area contributed by atoms with E-state index in [2.05, 4.69) is 0 Å². The number of morpholine rings is 1. The van der Waals surface area contributed by atoms with Gasteiger partial charge in [-0.25, -0.2) is 4.39 Å². The number of anilines is 1. The Hall–Kier alpha value is -3.72. The molecule has 4 rings (SSSR count). The van der Waals surface area contributed by atoms with Crippen LogP contribution in [0.3, 0.4) is 0 Å². The maximum atomic E-state index is 14.3. The van der Waals surface area contributed by atoms with Gasteiger partial charge in [0.05, 0.1) is 37.3 Å². The molecule has 0 unspecified atom stereocenters. The van der Waals surface area contributed by atoms with Crippen LogP contribution in [0.1, 0.15) is 22.8 Å². The summed E-state index contributed by atoms with van der Waals surface area (Å²) >= 11 is 0. The number of hydrogen-bond donors (Lipinski definition) is 0. The summed E-state index contributed by atoms with van der Waals surface area (Å²) in [4.78, 5) is 40.3. The van der Waals surface area contributed by atoms with E-state index in [1.54, 1.807) is 23.1 Å². The molecule has 2 aromatic carbocycles. The van der Waals surface area contributed by atoms with Crippen molar-refractivity contribution < 1.29 is 33.0 Å². The zero-order valence-electron chi connectivity index (χ0n) is 18.3.